The number of ketones is 1. The number of allylic oxidation sites excluding steroid dienone is 1. The van der Waals surface area contributed by atoms with E-state index in [9.17, 15) is 4.79 Å². The third kappa shape index (κ3) is 2.10. The van der Waals surface area contributed by atoms with Crippen molar-refractivity contribution in [3.8, 4) is 0 Å². The molecule has 1 heterocycles. The molecular formula is C22H30N2O. The fraction of sp³-hybridized carbons (Fsp3) is 0.727. The first-order chi connectivity index (χ1) is 12.0. The Kier molecular flexibility index (Phi) is 3.37. The van der Waals surface area contributed by atoms with Gasteiger partial charge in [-0.1, -0.05) is 19.4 Å². The van der Waals surface area contributed by atoms with Crippen LogP contribution in [0.3, 0.4) is 0 Å². The van der Waals surface area contributed by atoms with Crippen LogP contribution >= 0.6 is 0 Å². The van der Waals surface area contributed by atoms with Gasteiger partial charge in [0.1, 0.15) is 5.82 Å². The van der Waals surface area contributed by atoms with E-state index >= 15 is 0 Å². The molecule has 1 N–H and O–H groups in total. The average Bonchev–Trinajstić information content (AvgIpc) is 3.22. The fourth-order valence-electron chi connectivity index (χ4n) is 7.48. The summed E-state index contributed by atoms with van der Waals surface area (Å²) in [5.74, 6) is 4.64. The van der Waals surface area contributed by atoms with Gasteiger partial charge in [0.05, 0.1) is 0 Å². The molecule has 0 spiro atoms. The lowest BCUT2D eigenvalue weighted by Crippen LogP contribution is -2.50. The van der Waals surface area contributed by atoms with Crippen LogP contribution in [0.2, 0.25) is 0 Å². The van der Waals surface area contributed by atoms with Crippen LogP contribution in [-0.4, -0.2) is 15.8 Å². The first-order valence-electron chi connectivity index (χ1n) is 10.3. The van der Waals surface area contributed by atoms with E-state index in [-0.39, 0.29) is 0 Å². The van der Waals surface area contributed by atoms with Gasteiger partial charge in [-0.3, -0.25) is 4.79 Å². The lowest BCUT2D eigenvalue weighted by Gasteiger charge is -2.58. The molecule has 0 saturated heterocycles. The van der Waals surface area contributed by atoms with Crippen molar-refractivity contribution >= 4 is 5.78 Å². The minimum atomic E-state index is 0.293. The molecule has 1 aromatic heterocycles. The van der Waals surface area contributed by atoms with Crippen molar-refractivity contribution in [2.24, 2.45) is 28.6 Å². The fourth-order valence-corrected chi connectivity index (χ4v) is 7.48. The Morgan fingerprint density at radius 3 is 2.76 bits per heavy atom. The van der Waals surface area contributed by atoms with Crippen LogP contribution in [0, 0.1) is 28.6 Å². The SMILES string of the molecule is C[C@]12CCC(=O)C=C1CC[C@@H]1[C@H]2CC[C@]2(C)C(c3ncc[nH]3)CC[C@@H]12. The number of aromatic amines is 1. The summed E-state index contributed by atoms with van der Waals surface area (Å²) >= 11 is 0. The van der Waals surface area contributed by atoms with Gasteiger partial charge in [0.15, 0.2) is 5.78 Å². The molecule has 1 aromatic rings. The average molecular weight is 338 g/mol. The molecule has 0 radical (unpaired) electrons. The zero-order valence-electron chi connectivity index (χ0n) is 15.6. The molecule has 3 fully saturated rings. The van der Waals surface area contributed by atoms with Crippen molar-refractivity contribution in [2.45, 2.75) is 71.1 Å². The molecule has 0 aromatic carbocycles. The van der Waals surface area contributed by atoms with Gasteiger partial charge < -0.3 is 4.98 Å². The van der Waals surface area contributed by atoms with Crippen LogP contribution in [0.25, 0.3) is 0 Å². The predicted octanol–water partition coefficient (Wildman–Crippen LogP) is 5.03. The second-order valence-electron chi connectivity index (χ2n) is 9.62. The van der Waals surface area contributed by atoms with Crippen molar-refractivity contribution in [2.75, 3.05) is 0 Å². The Balaban J connectivity index is 1.48. The lowest BCUT2D eigenvalue weighted by atomic mass is 9.47. The third-order valence-corrected chi connectivity index (χ3v) is 8.81. The molecule has 5 rings (SSSR count). The Morgan fingerprint density at radius 1 is 1.08 bits per heavy atom. The highest BCUT2D eigenvalue weighted by Crippen LogP contribution is 2.68. The molecule has 6 atom stereocenters. The molecule has 134 valence electrons. The molecule has 4 aliphatic carbocycles. The molecule has 3 saturated carbocycles. The molecule has 1 unspecified atom stereocenters. The van der Waals surface area contributed by atoms with Gasteiger partial charge in [0.2, 0.25) is 0 Å². The third-order valence-electron chi connectivity index (χ3n) is 8.81. The van der Waals surface area contributed by atoms with Crippen LogP contribution in [0.1, 0.15) is 77.0 Å². The molecule has 4 aliphatic rings. The molecule has 3 nitrogen and oxygen atoms in total. The molecule has 25 heavy (non-hydrogen) atoms. The number of nitrogens with one attached hydrogen (secondary N) is 1. The van der Waals surface area contributed by atoms with Gasteiger partial charge in [-0.2, -0.15) is 0 Å². The number of H-pyrrole nitrogens is 1. The van der Waals surface area contributed by atoms with E-state index in [1.165, 1.54) is 43.5 Å². The van der Waals surface area contributed by atoms with Crippen molar-refractivity contribution in [3.05, 3.63) is 29.9 Å². The van der Waals surface area contributed by atoms with Gasteiger partial charge in [-0.15, -0.1) is 0 Å². The maximum atomic E-state index is 11.9. The van der Waals surface area contributed by atoms with Crippen LogP contribution in [0.5, 0.6) is 0 Å². The highest BCUT2D eigenvalue weighted by Gasteiger charge is 2.59. The van der Waals surface area contributed by atoms with Crippen molar-refractivity contribution < 1.29 is 4.79 Å². The van der Waals surface area contributed by atoms with Crippen molar-refractivity contribution in [1.29, 1.82) is 0 Å². The van der Waals surface area contributed by atoms with E-state index < -0.39 is 0 Å². The number of aromatic nitrogens is 2. The zero-order valence-corrected chi connectivity index (χ0v) is 15.6. The Hall–Kier alpha value is -1.38. The summed E-state index contributed by atoms with van der Waals surface area (Å²) in [5.41, 5.74) is 2.18. The Bertz CT molecular complexity index is 720. The van der Waals surface area contributed by atoms with Crippen LogP contribution in [-0.2, 0) is 4.79 Å². The van der Waals surface area contributed by atoms with Gasteiger partial charge >= 0.3 is 0 Å². The smallest absolute Gasteiger partial charge is 0.155 e. The van der Waals surface area contributed by atoms with Crippen molar-refractivity contribution in [3.63, 3.8) is 0 Å². The molecule has 3 heteroatoms. The second kappa shape index (κ2) is 5.31. The predicted molar refractivity (Wildman–Crippen MR) is 98.0 cm³/mol. The van der Waals surface area contributed by atoms with E-state index in [2.05, 4.69) is 23.8 Å². The summed E-state index contributed by atoms with van der Waals surface area (Å²) < 4.78 is 0. The number of rotatable bonds is 1. The number of nitrogens with zero attached hydrogens (tertiary/aromatic N) is 1. The van der Waals surface area contributed by atoms with Crippen molar-refractivity contribution in [1.82, 2.24) is 9.97 Å². The summed E-state index contributed by atoms with van der Waals surface area (Å²) in [6.45, 7) is 5.02. The number of fused-ring (bicyclic) bond motifs is 5. The van der Waals surface area contributed by atoms with E-state index in [0.29, 0.717) is 22.5 Å². The highest BCUT2D eigenvalue weighted by atomic mass is 16.1. The Morgan fingerprint density at radius 2 is 1.96 bits per heavy atom. The summed E-state index contributed by atoms with van der Waals surface area (Å²) in [6.07, 6.45) is 15.5. The lowest BCUT2D eigenvalue weighted by molar-refractivity contribution is -0.117. The number of hydrogen-bond donors (Lipinski definition) is 1. The van der Waals surface area contributed by atoms with Gasteiger partial charge in [0, 0.05) is 24.7 Å². The zero-order chi connectivity index (χ0) is 17.2. The van der Waals surface area contributed by atoms with E-state index in [1.807, 2.05) is 18.5 Å². The number of carbonyl (C=O) groups excluding carboxylic acids is 1. The first-order valence-corrected chi connectivity index (χ1v) is 10.3. The minimum Gasteiger partial charge on any atom is -0.348 e. The van der Waals surface area contributed by atoms with Gasteiger partial charge in [-0.05, 0) is 79.6 Å². The number of imidazole rings is 1. The number of hydrogen-bond acceptors (Lipinski definition) is 2. The highest BCUT2D eigenvalue weighted by molar-refractivity contribution is 5.91. The maximum Gasteiger partial charge on any atom is 0.155 e. The monoisotopic (exact) mass is 338 g/mol. The van der Waals surface area contributed by atoms with Crippen LogP contribution < -0.4 is 0 Å². The second-order valence-corrected chi connectivity index (χ2v) is 9.62. The quantitative estimate of drug-likeness (QED) is 0.781. The topological polar surface area (TPSA) is 45.8 Å². The van der Waals surface area contributed by atoms with E-state index in [4.69, 9.17) is 0 Å². The summed E-state index contributed by atoms with van der Waals surface area (Å²) in [7, 11) is 0. The normalized spacial score (nSPS) is 46.2. The van der Waals surface area contributed by atoms with E-state index in [0.717, 1.165) is 37.0 Å². The molecular weight excluding hydrogens is 308 g/mol. The standard InChI is InChI=1S/C22H30N2O/c1-21-9-7-15(25)13-14(21)3-4-16-17-5-6-19(20-23-11-12-24-20)22(17,2)10-8-18(16)21/h11-13,16-19H,3-10H2,1-2H3,(H,23,24)/t16-,17-,18+,19?,21-,22-/m0/s1. The van der Waals surface area contributed by atoms with Crippen LogP contribution in [0.15, 0.2) is 24.0 Å². The summed E-state index contributed by atoms with van der Waals surface area (Å²) in [6, 6.07) is 0. The van der Waals surface area contributed by atoms with Gasteiger partial charge in [-0.25, -0.2) is 4.98 Å². The van der Waals surface area contributed by atoms with Gasteiger partial charge in [0.25, 0.3) is 0 Å². The Labute approximate surface area is 150 Å². The largest absolute Gasteiger partial charge is 0.348 e. The van der Waals surface area contributed by atoms with E-state index in [1.54, 1.807) is 0 Å². The van der Waals surface area contributed by atoms with Crippen LogP contribution in [0.4, 0.5) is 0 Å². The summed E-state index contributed by atoms with van der Waals surface area (Å²) in [5, 5.41) is 0. The minimum absolute atomic E-state index is 0.293. The molecule has 0 aliphatic heterocycles. The first kappa shape index (κ1) is 15.8. The molecule has 0 amide bonds. The number of carbonyl (C=O) groups is 1. The summed E-state index contributed by atoms with van der Waals surface area (Å²) in [4.78, 5) is 20.0. The maximum absolute atomic E-state index is 11.9. The molecule has 0 bridgehead atoms.